The van der Waals surface area contributed by atoms with E-state index >= 15 is 0 Å². The number of carbonyl (C=O) groups excluding carboxylic acids is 1. The molecule has 4 heteroatoms. The zero-order valence-electron chi connectivity index (χ0n) is 11.2. The van der Waals surface area contributed by atoms with Crippen LogP contribution >= 0.6 is 0 Å². The molecule has 2 unspecified atom stereocenters. The van der Waals surface area contributed by atoms with Crippen LogP contribution in [0.15, 0.2) is 42.5 Å². The molecule has 0 spiro atoms. The Morgan fingerprint density at radius 3 is 2.70 bits per heavy atom. The largest absolute Gasteiger partial charge is 0.391 e. The smallest absolute Gasteiger partial charge is 0.319 e. The number of benzene rings is 2. The molecule has 3 rings (SSSR count). The number of rotatable bonds is 2. The quantitative estimate of drug-likeness (QED) is 0.785. The van der Waals surface area contributed by atoms with Crippen LogP contribution in [0.4, 0.5) is 10.5 Å². The lowest BCUT2D eigenvalue weighted by Crippen LogP contribution is -2.42. The minimum Gasteiger partial charge on any atom is -0.391 e. The maximum Gasteiger partial charge on any atom is 0.319 e. The minimum absolute atomic E-state index is 0.134. The van der Waals surface area contributed by atoms with Gasteiger partial charge in [-0.25, -0.2) is 4.79 Å². The molecule has 0 radical (unpaired) electrons. The molecule has 1 aliphatic carbocycles. The van der Waals surface area contributed by atoms with Gasteiger partial charge in [0.1, 0.15) is 0 Å². The number of anilines is 1. The zero-order chi connectivity index (χ0) is 13.9. The third-order valence-corrected chi connectivity index (χ3v) is 3.83. The van der Waals surface area contributed by atoms with Crippen molar-refractivity contribution in [2.45, 2.75) is 31.4 Å². The first-order chi connectivity index (χ1) is 9.74. The fraction of sp³-hybridized carbons (Fsp3) is 0.312. The highest BCUT2D eigenvalue weighted by atomic mass is 16.3. The Bertz CT molecular complexity index is 621. The molecule has 0 aliphatic heterocycles. The molecule has 1 aliphatic rings. The van der Waals surface area contributed by atoms with E-state index < -0.39 is 6.10 Å². The van der Waals surface area contributed by atoms with Crippen molar-refractivity contribution in [3.05, 3.63) is 42.5 Å². The summed E-state index contributed by atoms with van der Waals surface area (Å²) in [6.45, 7) is 0. The number of aliphatic hydroxyl groups is 1. The van der Waals surface area contributed by atoms with Crippen LogP contribution in [0.3, 0.4) is 0 Å². The lowest BCUT2D eigenvalue weighted by atomic mass is 10.1. The van der Waals surface area contributed by atoms with E-state index in [-0.39, 0.29) is 12.1 Å². The molecule has 0 bridgehead atoms. The van der Waals surface area contributed by atoms with Gasteiger partial charge in [0.25, 0.3) is 0 Å². The highest BCUT2D eigenvalue weighted by Crippen LogP contribution is 2.23. The molecule has 0 heterocycles. The van der Waals surface area contributed by atoms with Gasteiger partial charge in [0.05, 0.1) is 17.8 Å². The first kappa shape index (κ1) is 12.9. The highest BCUT2D eigenvalue weighted by molar-refractivity contribution is 6.01. The van der Waals surface area contributed by atoms with Gasteiger partial charge in [-0.05, 0) is 30.7 Å². The summed E-state index contributed by atoms with van der Waals surface area (Å²) in [5.74, 6) is 0. The van der Waals surface area contributed by atoms with E-state index in [0.717, 1.165) is 35.7 Å². The highest BCUT2D eigenvalue weighted by Gasteiger charge is 2.26. The minimum atomic E-state index is -0.423. The number of amides is 2. The second-order valence-corrected chi connectivity index (χ2v) is 5.23. The Balaban J connectivity index is 1.74. The van der Waals surface area contributed by atoms with Gasteiger partial charge in [-0.2, -0.15) is 0 Å². The van der Waals surface area contributed by atoms with Crippen LogP contribution < -0.4 is 10.6 Å². The molecule has 4 nitrogen and oxygen atoms in total. The predicted octanol–water partition coefficient (Wildman–Crippen LogP) is 2.87. The fourth-order valence-electron chi connectivity index (χ4n) is 2.77. The van der Waals surface area contributed by atoms with E-state index in [9.17, 15) is 9.90 Å². The van der Waals surface area contributed by atoms with Crippen molar-refractivity contribution in [3.8, 4) is 0 Å². The Morgan fingerprint density at radius 2 is 1.90 bits per heavy atom. The summed E-state index contributed by atoms with van der Waals surface area (Å²) in [5.41, 5.74) is 0.785. The number of urea groups is 1. The maximum absolute atomic E-state index is 12.0. The second kappa shape index (κ2) is 5.51. The van der Waals surface area contributed by atoms with Gasteiger partial charge in [-0.1, -0.05) is 36.4 Å². The van der Waals surface area contributed by atoms with Gasteiger partial charge in [-0.15, -0.1) is 0 Å². The van der Waals surface area contributed by atoms with Crippen molar-refractivity contribution in [2.75, 3.05) is 5.32 Å². The Kier molecular flexibility index (Phi) is 3.56. The van der Waals surface area contributed by atoms with Crippen LogP contribution in [0.2, 0.25) is 0 Å². The number of carbonyl (C=O) groups is 1. The van der Waals surface area contributed by atoms with Crippen molar-refractivity contribution in [3.63, 3.8) is 0 Å². The van der Waals surface area contributed by atoms with E-state index in [1.807, 2.05) is 42.5 Å². The number of nitrogens with one attached hydrogen (secondary N) is 2. The first-order valence-corrected chi connectivity index (χ1v) is 6.97. The molecule has 104 valence electrons. The summed E-state index contributed by atoms with van der Waals surface area (Å²) in [6.07, 6.45) is 2.14. The van der Waals surface area contributed by atoms with E-state index in [1.54, 1.807) is 0 Å². The van der Waals surface area contributed by atoms with Crippen LogP contribution in [-0.2, 0) is 0 Å². The van der Waals surface area contributed by atoms with Gasteiger partial charge in [-0.3, -0.25) is 0 Å². The van der Waals surface area contributed by atoms with E-state index in [2.05, 4.69) is 10.6 Å². The topological polar surface area (TPSA) is 61.4 Å². The van der Waals surface area contributed by atoms with Crippen molar-refractivity contribution in [1.82, 2.24) is 5.32 Å². The van der Waals surface area contributed by atoms with Crippen LogP contribution in [-0.4, -0.2) is 23.3 Å². The van der Waals surface area contributed by atoms with Crippen LogP contribution in [0.25, 0.3) is 10.8 Å². The normalized spacial score (nSPS) is 21.9. The molecule has 0 saturated heterocycles. The Morgan fingerprint density at radius 1 is 1.10 bits per heavy atom. The van der Waals surface area contributed by atoms with Crippen LogP contribution in [0.1, 0.15) is 19.3 Å². The van der Waals surface area contributed by atoms with E-state index in [1.165, 1.54) is 0 Å². The van der Waals surface area contributed by atoms with Crippen LogP contribution in [0, 0.1) is 0 Å². The molecule has 2 amide bonds. The Hall–Kier alpha value is -2.07. The molecule has 2 atom stereocenters. The van der Waals surface area contributed by atoms with Gasteiger partial charge >= 0.3 is 6.03 Å². The predicted molar refractivity (Wildman–Crippen MR) is 79.7 cm³/mol. The van der Waals surface area contributed by atoms with Crippen molar-refractivity contribution >= 4 is 22.5 Å². The monoisotopic (exact) mass is 270 g/mol. The molecule has 2 aromatic rings. The Labute approximate surface area is 117 Å². The zero-order valence-corrected chi connectivity index (χ0v) is 11.2. The van der Waals surface area contributed by atoms with Crippen molar-refractivity contribution < 1.29 is 9.90 Å². The fourth-order valence-corrected chi connectivity index (χ4v) is 2.77. The molecular weight excluding hydrogens is 252 g/mol. The lowest BCUT2D eigenvalue weighted by Gasteiger charge is -2.17. The number of hydrogen-bond donors (Lipinski definition) is 3. The first-order valence-electron chi connectivity index (χ1n) is 6.97. The maximum atomic E-state index is 12.0. The summed E-state index contributed by atoms with van der Waals surface area (Å²) >= 11 is 0. The molecule has 1 fully saturated rings. The number of hydrogen-bond acceptors (Lipinski definition) is 2. The van der Waals surface area contributed by atoms with E-state index in [4.69, 9.17) is 0 Å². The van der Waals surface area contributed by atoms with E-state index in [0.29, 0.717) is 0 Å². The molecule has 0 aromatic heterocycles. The molecular formula is C16H18N2O2. The number of fused-ring (bicyclic) bond motifs is 1. The van der Waals surface area contributed by atoms with Crippen molar-refractivity contribution in [1.29, 1.82) is 0 Å². The van der Waals surface area contributed by atoms with Crippen molar-refractivity contribution in [2.24, 2.45) is 0 Å². The summed E-state index contributed by atoms with van der Waals surface area (Å²) in [5, 5.41) is 17.5. The molecule has 1 saturated carbocycles. The molecule has 20 heavy (non-hydrogen) atoms. The summed E-state index contributed by atoms with van der Waals surface area (Å²) < 4.78 is 0. The SMILES string of the molecule is O=C(Nc1cccc2ccccc12)NC1CCCC1O. The van der Waals surface area contributed by atoms with Gasteiger partial charge in [0.15, 0.2) is 0 Å². The van der Waals surface area contributed by atoms with Gasteiger partial charge in [0.2, 0.25) is 0 Å². The van der Waals surface area contributed by atoms with Gasteiger partial charge in [0, 0.05) is 5.39 Å². The summed E-state index contributed by atoms with van der Waals surface area (Å²) in [6, 6.07) is 13.3. The third kappa shape index (κ3) is 2.60. The number of aliphatic hydroxyl groups excluding tert-OH is 1. The average Bonchev–Trinajstić information content (AvgIpc) is 2.85. The average molecular weight is 270 g/mol. The second-order valence-electron chi connectivity index (χ2n) is 5.23. The molecule has 3 N–H and O–H groups in total. The third-order valence-electron chi connectivity index (χ3n) is 3.83. The summed E-state index contributed by atoms with van der Waals surface area (Å²) in [7, 11) is 0. The van der Waals surface area contributed by atoms with Crippen LogP contribution in [0.5, 0.6) is 0 Å². The summed E-state index contributed by atoms with van der Waals surface area (Å²) in [4.78, 5) is 12.0. The standard InChI is InChI=1S/C16H18N2O2/c19-15-10-4-9-14(15)18-16(20)17-13-8-3-6-11-5-1-2-7-12(11)13/h1-3,5-8,14-15,19H,4,9-10H2,(H2,17,18,20). The lowest BCUT2D eigenvalue weighted by molar-refractivity contribution is 0.151. The molecule has 2 aromatic carbocycles. The van der Waals surface area contributed by atoms with Gasteiger partial charge < -0.3 is 15.7 Å².